The summed E-state index contributed by atoms with van der Waals surface area (Å²) in [5, 5.41) is 0. The summed E-state index contributed by atoms with van der Waals surface area (Å²) in [6.45, 7) is 3.99. The van der Waals surface area contributed by atoms with E-state index >= 15 is 0 Å². The van der Waals surface area contributed by atoms with Gasteiger partial charge in [0.25, 0.3) is 0 Å². The van der Waals surface area contributed by atoms with Crippen molar-refractivity contribution in [1.29, 1.82) is 0 Å². The number of rotatable bonds is 5. The molecule has 0 aromatic rings. The van der Waals surface area contributed by atoms with E-state index < -0.39 is 6.04 Å². The van der Waals surface area contributed by atoms with E-state index in [4.69, 9.17) is 5.73 Å². The molecule has 3 nitrogen and oxygen atoms in total. The van der Waals surface area contributed by atoms with Crippen LogP contribution < -0.4 is 5.73 Å². The van der Waals surface area contributed by atoms with Gasteiger partial charge in [0.1, 0.15) is 6.29 Å². The van der Waals surface area contributed by atoms with Gasteiger partial charge < -0.3 is 10.5 Å². The molecule has 0 saturated heterocycles. The van der Waals surface area contributed by atoms with Gasteiger partial charge in [-0.1, -0.05) is 13.8 Å². The van der Waals surface area contributed by atoms with Crippen LogP contribution in [0.1, 0.15) is 26.7 Å². The smallest absolute Gasteiger partial charge is 0.156 e. The summed E-state index contributed by atoms with van der Waals surface area (Å²) in [7, 11) is 0. The summed E-state index contributed by atoms with van der Waals surface area (Å²) in [6.07, 6.45) is 1.21. The van der Waals surface area contributed by atoms with Crippen LogP contribution in [0, 0.1) is 5.92 Å². The Labute approximate surface area is 67.0 Å². The standard InChI is InChI=1S/C8H15NO2/c1-6(2)5-7(9)8(11)3-4-10/h4,6-7H,3,5,9H2,1-2H3/t7-/m0/s1. The van der Waals surface area contributed by atoms with Crippen molar-refractivity contribution in [3.8, 4) is 0 Å². The fraction of sp³-hybridized carbons (Fsp3) is 0.750. The van der Waals surface area contributed by atoms with Gasteiger partial charge in [-0.3, -0.25) is 4.79 Å². The van der Waals surface area contributed by atoms with Crippen molar-refractivity contribution in [2.75, 3.05) is 0 Å². The second kappa shape index (κ2) is 5.02. The number of hydrogen-bond acceptors (Lipinski definition) is 3. The van der Waals surface area contributed by atoms with Crippen molar-refractivity contribution in [2.45, 2.75) is 32.7 Å². The molecule has 0 aliphatic heterocycles. The van der Waals surface area contributed by atoms with Crippen molar-refractivity contribution in [3.05, 3.63) is 0 Å². The van der Waals surface area contributed by atoms with Crippen molar-refractivity contribution >= 4 is 12.1 Å². The van der Waals surface area contributed by atoms with Crippen LogP contribution in [0.2, 0.25) is 0 Å². The molecule has 0 rings (SSSR count). The fourth-order valence-electron chi connectivity index (χ4n) is 0.873. The largest absolute Gasteiger partial charge is 0.321 e. The number of Topliss-reactive ketones (excluding diaryl/α,β-unsaturated/α-hetero) is 1. The number of hydrogen-bond donors (Lipinski definition) is 1. The lowest BCUT2D eigenvalue weighted by atomic mass is 10.00. The molecular weight excluding hydrogens is 142 g/mol. The highest BCUT2D eigenvalue weighted by atomic mass is 16.1. The van der Waals surface area contributed by atoms with E-state index in [0.29, 0.717) is 18.6 Å². The Morgan fingerprint density at radius 3 is 2.45 bits per heavy atom. The van der Waals surface area contributed by atoms with E-state index in [9.17, 15) is 9.59 Å². The Balaban J connectivity index is 3.72. The van der Waals surface area contributed by atoms with Crippen LogP contribution in [0.25, 0.3) is 0 Å². The molecule has 0 heterocycles. The molecule has 11 heavy (non-hydrogen) atoms. The first-order valence-corrected chi connectivity index (χ1v) is 3.79. The lowest BCUT2D eigenvalue weighted by Crippen LogP contribution is -2.31. The average Bonchev–Trinajstić information content (AvgIpc) is 1.86. The SMILES string of the molecule is CC(C)C[C@H](N)C(=O)CC=O. The molecule has 3 heteroatoms. The highest BCUT2D eigenvalue weighted by Crippen LogP contribution is 2.03. The number of carbonyl (C=O) groups excluding carboxylic acids is 2. The summed E-state index contributed by atoms with van der Waals surface area (Å²) in [5.41, 5.74) is 5.50. The fourth-order valence-corrected chi connectivity index (χ4v) is 0.873. The molecule has 0 aliphatic carbocycles. The van der Waals surface area contributed by atoms with Crippen LogP contribution in [-0.2, 0) is 9.59 Å². The van der Waals surface area contributed by atoms with Crippen LogP contribution >= 0.6 is 0 Å². The van der Waals surface area contributed by atoms with Crippen molar-refractivity contribution in [2.24, 2.45) is 11.7 Å². The third kappa shape index (κ3) is 4.67. The van der Waals surface area contributed by atoms with Crippen molar-refractivity contribution in [1.82, 2.24) is 0 Å². The zero-order valence-electron chi connectivity index (χ0n) is 7.04. The lowest BCUT2D eigenvalue weighted by Gasteiger charge is -2.10. The Bertz CT molecular complexity index is 143. The first kappa shape index (κ1) is 10.3. The molecule has 0 fully saturated rings. The molecule has 0 radical (unpaired) electrons. The molecule has 1 atom stereocenters. The van der Waals surface area contributed by atoms with Gasteiger partial charge in [-0.05, 0) is 12.3 Å². The lowest BCUT2D eigenvalue weighted by molar-refractivity contribution is -0.123. The number of aldehydes is 1. The highest BCUT2D eigenvalue weighted by Gasteiger charge is 2.13. The minimum atomic E-state index is -0.458. The second-order valence-electron chi connectivity index (χ2n) is 3.07. The van der Waals surface area contributed by atoms with Crippen LogP contribution in [0.5, 0.6) is 0 Å². The highest BCUT2D eigenvalue weighted by molar-refractivity contribution is 5.93. The summed E-state index contributed by atoms with van der Waals surface area (Å²) >= 11 is 0. The first-order chi connectivity index (χ1) is 5.07. The van der Waals surface area contributed by atoms with E-state index in [-0.39, 0.29) is 12.2 Å². The zero-order chi connectivity index (χ0) is 8.85. The van der Waals surface area contributed by atoms with Crippen LogP contribution in [0.15, 0.2) is 0 Å². The Hall–Kier alpha value is -0.700. The predicted molar refractivity (Wildman–Crippen MR) is 43.1 cm³/mol. The van der Waals surface area contributed by atoms with Gasteiger partial charge in [-0.2, -0.15) is 0 Å². The number of ketones is 1. The van der Waals surface area contributed by atoms with E-state index in [1.807, 2.05) is 13.8 Å². The van der Waals surface area contributed by atoms with Gasteiger partial charge >= 0.3 is 0 Å². The maximum Gasteiger partial charge on any atom is 0.156 e. The molecule has 0 spiro atoms. The summed E-state index contributed by atoms with van der Waals surface area (Å²) in [5.74, 6) is 0.245. The third-order valence-corrected chi connectivity index (χ3v) is 1.42. The normalized spacial score (nSPS) is 13.1. The van der Waals surface area contributed by atoms with E-state index in [1.165, 1.54) is 0 Å². The molecule has 2 N–H and O–H groups in total. The van der Waals surface area contributed by atoms with Gasteiger partial charge in [-0.15, -0.1) is 0 Å². The Morgan fingerprint density at radius 2 is 2.09 bits per heavy atom. The summed E-state index contributed by atoms with van der Waals surface area (Å²) in [4.78, 5) is 20.9. The van der Waals surface area contributed by atoms with Gasteiger partial charge in [-0.25, -0.2) is 0 Å². The molecular formula is C8H15NO2. The van der Waals surface area contributed by atoms with Gasteiger partial charge in [0.2, 0.25) is 0 Å². The molecule has 0 aromatic heterocycles. The quantitative estimate of drug-likeness (QED) is 0.467. The molecule has 0 aliphatic rings. The van der Waals surface area contributed by atoms with E-state index in [1.54, 1.807) is 0 Å². The molecule has 0 bridgehead atoms. The van der Waals surface area contributed by atoms with Gasteiger partial charge in [0.15, 0.2) is 5.78 Å². The minimum absolute atomic E-state index is 0.0477. The Morgan fingerprint density at radius 1 is 1.55 bits per heavy atom. The number of carbonyl (C=O) groups is 2. The topological polar surface area (TPSA) is 60.2 Å². The third-order valence-electron chi connectivity index (χ3n) is 1.42. The van der Waals surface area contributed by atoms with Crippen LogP contribution in [-0.4, -0.2) is 18.1 Å². The average molecular weight is 157 g/mol. The van der Waals surface area contributed by atoms with Crippen molar-refractivity contribution < 1.29 is 9.59 Å². The summed E-state index contributed by atoms with van der Waals surface area (Å²) in [6, 6.07) is -0.458. The van der Waals surface area contributed by atoms with Crippen LogP contribution in [0.4, 0.5) is 0 Å². The Kier molecular flexibility index (Phi) is 4.70. The van der Waals surface area contributed by atoms with Crippen LogP contribution in [0.3, 0.4) is 0 Å². The molecule has 0 saturated carbocycles. The zero-order valence-corrected chi connectivity index (χ0v) is 7.04. The maximum atomic E-state index is 10.9. The maximum absolute atomic E-state index is 10.9. The second-order valence-corrected chi connectivity index (χ2v) is 3.07. The molecule has 0 unspecified atom stereocenters. The number of nitrogens with two attached hydrogens (primary N) is 1. The minimum Gasteiger partial charge on any atom is -0.321 e. The molecule has 0 aromatic carbocycles. The van der Waals surface area contributed by atoms with Gasteiger partial charge in [0, 0.05) is 0 Å². The first-order valence-electron chi connectivity index (χ1n) is 3.79. The predicted octanol–water partition coefficient (Wildman–Crippen LogP) is 0.518. The van der Waals surface area contributed by atoms with Gasteiger partial charge in [0.05, 0.1) is 12.5 Å². The molecule has 0 amide bonds. The monoisotopic (exact) mass is 157 g/mol. The van der Waals surface area contributed by atoms with E-state index in [0.717, 1.165) is 0 Å². The molecule has 64 valence electrons. The van der Waals surface area contributed by atoms with Crippen molar-refractivity contribution in [3.63, 3.8) is 0 Å². The van der Waals surface area contributed by atoms with E-state index in [2.05, 4.69) is 0 Å². The summed E-state index contributed by atoms with van der Waals surface area (Å²) < 4.78 is 0.